The minimum Gasteiger partial charge on any atom is -0.391 e. The van der Waals surface area contributed by atoms with Gasteiger partial charge in [0, 0.05) is 6.04 Å². The van der Waals surface area contributed by atoms with Gasteiger partial charge in [0.2, 0.25) is 0 Å². The van der Waals surface area contributed by atoms with E-state index in [2.05, 4.69) is 0 Å². The highest BCUT2D eigenvalue weighted by molar-refractivity contribution is 4.78. The Bertz CT molecular complexity index is 108. The first-order chi connectivity index (χ1) is 5.22. The summed E-state index contributed by atoms with van der Waals surface area (Å²) in [7, 11) is 0. The highest BCUT2D eigenvalue weighted by Crippen LogP contribution is 2.27. The summed E-state index contributed by atoms with van der Waals surface area (Å²) in [6.45, 7) is 1.89. The fraction of sp³-hybridized carbons (Fsp3) is 1.00. The summed E-state index contributed by atoms with van der Waals surface area (Å²) in [4.78, 5) is 0. The summed E-state index contributed by atoms with van der Waals surface area (Å²) in [5, 5.41) is 9.63. The minimum absolute atomic E-state index is 0.0573. The molecule has 66 valence electrons. The van der Waals surface area contributed by atoms with Crippen LogP contribution in [0.2, 0.25) is 0 Å². The van der Waals surface area contributed by atoms with E-state index in [1.54, 1.807) is 0 Å². The van der Waals surface area contributed by atoms with Gasteiger partial charge in [-0.05, 0) is 25.7 Å². The average molecular weight is 157 g/mol. The molecule has 0 aromatic heterocycles. The van der Waals surface area contributed by atoms with Crippen molar-refractivity contribution in [2.24, 2.45) is 11.7 Å². The van der Waals surface area contributed by atoms with Crippen LogP contribution in [0.25, 0.3) is 0 Å². The summed E-state index contributed by atoms with van der Waals surface area (Å²) in [5.41, 5.74) is 5.62. The van der Waals surface area contributed by atoms with Crippen LogP contribution < -0.4 is 5.73 Å². The Morgan fingerprint density at radius 1 is 1.27 bits per heavy atom. The highest BCUT2D eigenvalue weighted by Gasteiger charge is 2.23. The number of aliphatic hydroxyl groups is 1. The van der Waals surface area contributed by atoms with E-state index in [0.717, 1.165) is 0 Å². The van der Waals surface area contributed by atoms with Gasteiger partial charge in [0.05, 0.1) is 6.10 Å². The Kier molecular flexibility index (Phi) is 3.34. The quantitative estimate of drug-likeness (QED) is 0.634. The summed E-state index contributed by atoms with van der Waals surface area (Å²) >= 11 is 0. The van der Waals surface area contributed by atoms with Crippen molar-refractivity contribution in [2.45, 2.75) is 51.2 Å². The predicted molar refractivity (Wildman–Crippen MR) is 46.2 cm³/mol. The van der Waals surface area contributed by atoms with Crippen LogP contribution in [-0.2, 0) is 0 Å². The summed E-state index contributed by atoms with van der Waals surface area (Å²) in [5.74, 6) is 0.476. The molecular weight excluding hydrogens is 138 g/mol. The molecule has 1 fully saturated rings. The molecular formula is C9H19NO. The van der Waals surface area contributed by atoms with E-state index in [-0.39, 0.29) is 12.1 Å². The van der Waals surface area contributed by atoms with Crippen LogP contribution in [-0.4, -0.2) is 17.3 Å². The smallest absolute Gasteiger partial charge is 0.0716 e. The Morgan fingerprint density at radius 2 is 1.82 bits per heavy atom. The molecule has 1 rings (SSSR count). The van der Waals surface area contributed by atoms with Gasteiger partial charge in [-0.25, -0.2) is 0 Å². The molecule has 11 heavy (non-hydrogen) atoms. The van der Waals surface area contributed by atoms with Crippen LogP contribution in [0.15, 0.2) is 0 Å². The molecule has 2 heteroatoms. The standard InChI is InChI=1S/C9H19NO/c1-7(10)9(11)8-5-3-2-4-6-8/h7-9,11H,2-6,10H2,1H3. The predicted octanol–water partition coefficient (Wildman–Crippen LogP) is 1.27. The van der Waals surface area contributed by atoms with Crippen LogP contribution in [0.5, 0.6) is 0 Å². The molecule has 1 aliphatic carbocycles. The van der Waals surface area contributed by atoms with Gasteiger partial charge in [-0.1, -0.05) is 19.3 Å². The van der Waals surface area contributed by atoms with Crippen molar-refractivity contribution in [1.82, 2.24) is 0 Å². The van der Waals surface area contributed by atoms with Gasteiger partial charge < -0.3 is 10.8 Å². The highest BCUT2D eigenvalue weighted by atomic mass is 16.3. The van der Waals surface area contributed by atoms with E-state index in [1.807, 2.05) is 6.92 Å². The van der Waals surface area contributed by atoms with Crippen LogP contribution in [0, 0.1) is 5.92 Å². The first-order valence-electron chi connectivity index (χ1n) is 4.65. The second-order valence-corrected chi connectivity index (χ2v) is 3.75. The van der Waals surface area contributed by atoms with Crippen molar-refractivity contribution in [1.29, 1.82) is 0 Å². The van der Waals surface area contributed by atoms with Crippen molar-refractivity contribution in [3.8, 4) is 0 Å². The maximum atomic E-state index is 9.63. The zero-order valence-electron chi connectivity index (χ0n) is 7.29. The molecule has 3 N–H and O–H groups in total. The molecule has 0 amide bonds. The first-order valence-corrected chi connectivity index (χ1v) is 4.65. The monoisotopic (exact) mass is 157 g/mol. The summed E-state index contributed by atoms with van der Waals surface area (Å²) < 4.78 is 0. The zero-order chi connectivity index (χ0) is 8.27. The summed E-state index contributed by atoms with van der Waals surface area (Å²) in [6, 6.07) is -0.0573. The number of nitrogens with two attached hydrogens (primary N) is 1. The zero-order valence-corrected chi connectivity index (χ0v) is 7.29. The lowest BCUT2D eigenvalue weighted by atomic mass is 9.83. The lowest BCUT2D eigenvalue weighted by molar-refractivity contribution is 0.0670. The van der Waals surface area contributed by atoms with E-state index in [9.17, 15) is 5.11 Å². The van der Waals surface area contributed by atoms with Gasteiger partial charge in [0.25, 0.3) is 0 Å². The van der Waals surface area contributed by atoms with Crippen molar-refractivity contribution in [2.75, 3.05) is 0 Å². The first kappa shape index (κ1) is 9.01. The van der Waals surface area contributed by atoms with Crippen LogP contribution >= 0.6 is 0 Å². The third-order valence-corrected chi connectivity index (χ3v) is 2.67. The molecule has 0 aromatic rings. The van der Waals surface area contributed by atoms with E-state index in [4.69, 9.17) is 5.73 Å². The lowest BCUT2D eigenvalue weighted by Crippen LogP contribution is -2.38. The molecule has 0 heterocycles. The second-order valence-electron chi connectivity index (χ2n) is 3.75. The topological polar surface area (TPSA) is 46.2 Å². The Morgan fingerprint density at radius 3 is 2.27 bits per heavy atom. The number of hydrogen-bond donors (Lipinski definition) is 2. The van der Waals surface area contributed by atoms with Crippen LogP contribution in [0.1, 0.15) is 39.0 Å². The van der Waals surface area contributed by atoms with Gasteiger partial charge in [0.15, 0.2) is 0 Å². The second kappa shape index (κ2) is 4.07. The normalized spacial score (nSPS) is 26.5. The fourth-order valence-electron chi connectivity index (χ4n) is 1.90. The summed E-state index contributed by atoms with van der Waals surface area (Å²) in [6.07, 6.45) is 5.95. The third-order valence-electron chi connectivity index (χ3n) is 2.67. The molecule has 0 bridgehead atoms. The van der Waals surface area contributed by atoms with Gasteiger partial charge in [-0.2, -0.15) is 0 Å². The Balaban J connectivity index is 2.32. The van der Waals surface area contributed by atoms with Crippen LogP contribution in [0.4, 0.5) is 0 Å². The Hall–Kier alpha value is -0.0800. The molecule has 0 saturated heterocycles. The van der Waals surface area contributed by atoms with Gasteiger partial charge in [0.1, 0.15) is 0 Å². The van der Waals surface area contributed by atoms with Gasteiger partial charge >= 0.3 is 0 Å². The largest absolute Gasteiger partial charge is 0.391 e. The number of aliphatic hydroxyl groups excluding tert-OH is 1. The SMILES string of the molecule is CC(N)C(O)C1CCCCC1. The maximum absolute atomic E-state index is 9.63. The van der Waals surface area contributed by atoms with E-state index >= 15 is 0 Å². The van der Waals surface area contributed by atoms with Crippen molar-refractivity contribution in [3.63, 3.8) is 0 Å². The molecule has 0 aromatic carbocycles. The molecule has 1 aliphatic rings. The average Bonchev–Trinajstić information content (AvgIpc) is 2.05. The lowest BCUT2D eigenvalue weighted by Gasteiger charge is -2.28. The number of hydrogen-bond acceptors (Lipinski definition) is 2. The van der Waals surface area contributed by atoms with Crippen molar-refractivity contribution < 1.29 is 5.11 Å². The van der Waals surface area contributed by atoms with E-state index < -0.39 is 0 Å². The number of rotatable bonds is 2. The molecule has 2 atom stereocenters. The molecule has 2 unspecified atom stereocenters. The fourth-order valence-corrected chi connectivity index (χ4v) is 1.90. The third kappa shape index (κ3) is 2.46. The van der Waals surface area contributed by atoms with Crippen molar-refractivity contribution >= 4 is 0 Å². The maximum Gasteiger partial charge on any atom is 0.0716 e. The van der Waals surface area contributed by atoms with Gasteiger partial charge in [-0.3, -0.25) is 0 Å². The van der Waals surface area contributed by atoms with Gasteiger partial charge in [-0.15, -0.1) is 0 Å². The van der Waals surface area contributed by atoms with Crippen molar-refractivity contribution in [3.05, 3.63) is 0 Å². The van der Waals surface area contributed by atoms with E-state index in [0.29, 0.717) is 5.92 Å². The molecule has 1 saturated carbocycles. The minimum atomic E-state index is -0.268. The Labute approximate surface area is 68.8 Å². The van der Waals surface area contributed by atoms with Crippen LogP contribution in [0.3, 0.4) is 0 Å². The molecule has 0 spiro atoms. The molecule has 0 aliphatic heterocycles. The molecule has 0 radical (unpaired) electrons. The molecule has 2 nitrogen and oxygen atoms in total. The van der Waals surface area contributed by atoms with E-state index in [1.165, 1.54) is 32.1 Å².